The van der Waals surface area contributed by atoms with Gasteiger partial charge in [0.25, 0.3) is 5.91 Å². The molecule has 1 aromatic carbocycles. The number of phenolic OH excluding ortho intramolecular Hbond substituents is 1. The Morgan fingerprint density at radius 3 is 2.29 bits per heavy atom. The van der Waals surface area contributed by atoms with E-state index in [1.165, 1.54) is 29.3 Å². The van der Waals surface area contributed by atoms with E-state index in [0.717, 1.165) is 36.3 Å². The fourth-order valence-electron chi connectivity index (χ4n) is 7.09. The number of aromatic hydroxyl groups is 1. The van der Waals surface area contributed by atoms with Crippen molar-refractivity contribution in [2.24, 2.45) is 17.8 Å². The maximum Gasteiger partial charge on any atom is 0.307 e. The summed E-state index contributed by atoms with van der Waals surface area (Å²) in [5, 5.41) is 27.0. The minimum atomic E-state index is -1.01. The van der Waals surface area contributed by atoms with Crippen LogP contribution >= 0.6 is 11.3 Å². The number of ether oxygens (including phenoxy) is 2. The Labute approximate surface area is 346 Å². The molecule has 0 aliphatic carbocycles. The van der Waals surface area contributed by atoms with Crippen molar-refractivity contribution in [1.82, 2.24) is 25.4 Å². The number of benzene rings is 1. The molecule has 0 spiro atoms. The summed E-state index contributed by atoms with van der Waals surface area (Å²) in [6.07, 6.45) is 3.12. The molecule has 2 aromatic rings. The van der Waals surface area contributed by atoms with Gasteiger partial charge in [0.2, 0.25) is 11.8 Å². The predicted molar refractivity (Wildman–Crippen MR) is 219 cm³/mol. The summed E-state index contributed by atoms with van der Waals surface area (Å²) >= 11 is 1.10. The third kappa shape index (κ3) is 15.0. The van der Waals surface area contributed by atoms with Gasteiger partial charge in [-0.3, -0.25) is 33.7 Å². The van der Waals surface area contributed by atoms with Crippen LogP contribution in [0.2, 0.25) is 0 Å². The van der Waals surface area contributed by atoms with Gasteiger partial charge in [-0.1, -0.05) is 66.5 Å². The van der Waals surface area contributed by atoms with Gasteiger partial charge in [-0.05, 0) is 75.2 Å². The second-order valence-electron chi connectivity index (χ2n) is 16.1. The van der Waals surface area contributed by atoms with E-state index in [-0.39, 0.29) is 61.2 Å². The molecule has 0 saturated carbocycles. The minimum absolute atomic E-state index is 0.0189. The van der Waals surface area contributed by atoms with Crippen molar-refractivity contribution in [1.29, 1.82) is 0 Å². The smallest absolute Gasteiger partial charge is 0.307 e. The minimum Gasteiger partial charge on any atom is -0.508 e. The fraction of sp³-hybridized carbons (Fsp3) is 0.643. The van der Waals surface area contributed by atoms with Crippen LogP contribution in [0, 0.1) is 17.8 Å². The maximum absolute atomic E-state index is 14.6. The third-order valence-electron chi connectivity index (χ3n) is 10.3. The summed E-state index contributed by atoms with van der Waals surface area (Å²) in [6, 6.07) is 3.89. The lowest BCUT2D eigenvalue weighted by molar-refractivity contribution is -0.160. The highest BCUT2D eigenvalue weighted by Gasteiger charge is 2.38. The number of aromatic nitrogens is 1. The van der Waals surface area contributed by atoms with Crippen molar-refractivity contribution in [3.8, 4) is 5.75 Å². The zero-order valence-corrected chi connectivity index (χ0v) is 36.0. The first kappa shape index (κ1) is 47.8. The quantitative estimate of drug-likeness (QED) is 0.0863. The molecule has 0 radical (unpaired) electrons. The van der Waals surface area contributed by atoms with E-state index in [4.69, 9.17) is 9.47 Å². The molecule has 1 saturated heterocycles. The largest absolute Gasteiger partial charge is 0.508 e. The van der Waals surface area contributed by atoms with Gasteiger partial charge in [0, 0.05) is 37.2 Å². The molecule has 3 amide bonds. The summed E-state index contributed by atoms with van der Waals surface area (Å²) in [4.78, 5) is 86.9. The van der Waals surface area contributed by atoms with E-state index in [2.05, 4.69) is 15.6 Å². The Kier molecular flexibility index (Phi) is 19.1. The van der Waals surface area contributed by atoms with Crippen molar-refractivity contribution in [2.45, 2.75) is 137 Å². The molecule has 5 unspecified atom stereocenters. The summed E-state index contributed by atoms with van der Waals surface area (Å²) in [6.45, 7) is 12.7. The average molecular weight is 830 g/mol. The van der Waals surface area contributed by atoms with E-state index >= 15 is 0 Å². The number of amides is 3. The summed E-state index contributed by atoms with van der Waals surface area (Å²) in [7, 11) is 1.90. The molecule has 58 heavy (non-hydrogen) atoms. The lowest BCUT2D eigenvalue weighted by Crippen LogP contribution is -2.57. The monoisotopic (exact) mass is 829 g/mol. The number of thiazole rings is 1. The molecule has 16 heteroatoms. The van der Waals surface area contributed by atoms with Crippen molar-refractivity contribution < 1.29 is 48.5 Å². The number of nitrogens with zero attached hydrogens (tertiary/aromatic N) is 3. The van der Waals surface area contributed by atoms with Gasteiger partial charge >= 0.3 is 17.9 Å². The number of rotatable bonds is 22. The van der Waals surface area contributed by atoms with Crippen LogP contribution in [-0.4, -0.2) is 105 Å². The van der Waals surface area contributed by atoms with Crippen molar-refractivity contribution in [3.05, 3.63) is 45.9 Å². The van der Waals surface area contributed by atoms with E-state index in [0.29, 0.717) is 30.7 Å². The molecule has 322 valence electrons. The Hall–Kier alpha value is -4.57. The van der Waals surface area contributed by atoms with Gasteiger partial charge in [0.1, 0.15) is 22.5 Å². The van der Waals surface area contributed by atoms with E-state index in [9.17, 15) is 39.0 Å². The van der Waals surface area contributed by atoms with Crippen LogP contribution in [0.4, 0.5) is 0 Å². The van der Waals surface area contributed by atoms with Crippen LogP contribution in [0.25, 0.3) is 0 Å². The number of carboxylic acids is 1. The molecule has 6 atom stereocenters. The number of hydrogen-bond donors (Lipinski definition) is 4. The Morgan fingerprint density at radius 2 is 1.71 bits per heavy atom. The first-order chi connectivity index (χ1) is 27.4. The third-order valence-corrected chi connectivity index (χ3v) is 11.2. The normalized spacial score (nSPS) is 17.1. The van der Waals surface area contributed by atoms with E-state index < -0.39 is 59.9 Å². The molecule has 3 rings (SSSR count). The Balaban J connectivity index is 1.93. The number of esters is 2. The number of phenols is 1. The number of carboxylic acid groups (broad SMARTS) is 1. The van der Waals surface area contributed by atoms with Gasteiger partial charge < -0.3 is 35.2 Å². The first-order valence-corrected chi connectivity index (χ1v) is 21.2. The fourth-order valence-corrected chi connectivity index (χ4v) is 7.93. The van der Waals surface area contributed by atoms with Gasteiger partial charge in [-0.25, -0.2) is 4.98 Å². The molecular formula is C42H63N5O10S. The summed E-state index contributed by atoms with van der Waals surface area (Å²) in [5.41, 5.74) is 0.816. The van der Waals surface area contributed by atoms with Crippen molar-refractivity contribution in [3.63, 3.8) is 0 Å². The lowest BCUT2D eigenvalue weighted by Gasteiger charge is -2.38. The van der Waals surface area contributed by atoms with Crippen LogP contribution in [0.15, 0.2) is 29.6 Å². The molecule has 1 aromatic heterocycles. The number of carbonyl (C=O) groups excluding carboxylic acids is 5. The maximum atomic E-state index is 14.6. The summed E-state index contributed by atoms with van der Waals surface area (Å²) < 4.78 is 11.5. The molecule has 4 N–H and O–H groups in total. The Morgan fingerprint density at radius 1 is 1.02 bits per heavy atom. The number of aliphatic carboxylic acids is 1. The molecule has 1 aliphatic rings. The molecule has 0 bridgehead atoms. The van der Waals surface area contributed by atoms with Crippen LogP contribution < -0.4 is 10.6 Å². The second-order valence-corrected chi connectivity index (χ2v) is 17.0. The number of likely N-dealkylation sites (N-methyl/N-ethyl adjacent to an activating group) is 1. The van der Waals surface area contributed by atoms with Gasteiger partial charge in [0.05, 0.1) is 12.0 Å². The number of carbonyl (C=O) groups is 6. The van der Waals surface area contributed by atoms with Crippen LogP contribution in [0.5, 0.6) is 5.75 Å². The average Bonchev–Trinajstić information content (AvgIpc) is 3.65. The highest BCUT2D eigenvalue weighted by atomic mass is 32.1. The van der Waals surface area contributed by atoms with Crippen LogP contribution in [-0.2, 0) is 39.9 Å². The predicted octanol–water partition coefficient (Wildman–Crippen LogP) is 5.46. The number of likely N-dealkylation sites (tertiary alicyclic amines) is 1. The van der Waals surface area contributed by atoms with Crippen molar-refractivity contribution >= 4 is 47.0 Å². The zero-order chi connectivity index (χ0) is 43.1. The lowest BCUT2D eigenvalue weighted by atomic mass is 9.95. The van der Waals surface area contributed by atoms with Crippen LogP contribution in [0.3, 0.4) is 0 Å². The second kappa shape index (κ2) is 23.1. The van der Waals surface area contributed by atoms with Crippen LogP contribution in [0.1, 0.15) is 127 Å². The topological polar surface area (TPSA) is 205 Å². The standard InChI is InChI=1S/C42H63N5O10S/c1-9-12-32(44-39(52)34-13-10-11-18-46(34)8)41(53)47(24-56-37(50)19-25(2)3)35(26(4)5)22-36(57-28(7)48)40-45-33(23-58-40)38(51)43-30(20-27(6)42(54)55)21-29-14-16-31(49)17-15-29/h14-17,23,25-27,30,32,34-36,49H,9-13,18-22,24H2,1-8H3,(H,43,51)(H,44,52)(H,54,55)/t27?,30?,32?,34?,35-,36?/m1/s1. The molecule has 2 heterocycles. The molecule has 1 aliphatic heterocycles. The molecule has 1 fully saturated rings. The van der Waals surface area contributed by atoms with E-state index in [1.54, 1.807) is 19.1 Å². The molecule has 15 nitrogen and oxygen atoms in total. The van der Waals surface area contributed by atoms with Crippen molar-refractivity contribution in [2.75, 3.05) is 20.3 Å². The number of piperidine rings is 1. The van der Waals surface area contributed by atoms with Gasteiger partial charge in [-0.2, -0.15) is 0 Å². The van der Waals surface area contributed by atoms with Gasteiger partial charge in [0.15, 0.2) is 12.8 Å². The first-order valence-electron chi connectivity index (χ1n) is 20.3. The zero-order valence-electron chi connectivity index (χ0n) is 35.2. The highest BCUT2D eigenvalue weighted by Crippen LogP contribution is 2.32. The SMILES string of the molecule is CCCC(NC(=O)C1CCCCN1C)C(=O)N(COC(=O)CC(C)C)[C@H](CC(OC(C)=O)c1nc(C(=O)NC(Cc2ccc(O)cc2)CC(C)C(=O)O)cs1)C(C)C. The molecular weight excluding hydrogens is 767 g/mol. The van der Waals surface area contributed by atoms with E-state index in [1.807, 2.05) is 46.6 Å². The number of nitrogens with one attached hydrogen (secondary N) is 2. The number of hydrogen-bond acceptors (Lipinski definition) is 12. The summed E-state index contributed by atoms with van der Waals surface area (Å²) in [5.74, 6) is -4.24. The highest BCUT2D eigenvalue weighted by molar-refractivity contribution is 7.09. The Bertz CT molecular complexity index is 1680. The van der Waals surface area contributed by atoms with Gasteiger partial charge in [-0.15, -0.1) is 11.3 Å².